The Morgan fingerprint density at radius 1 is 1.69 bits per heavy atom. The lowest BCUT2D eigenvalue weighted by atomic mass is 10.3. The summed E-state index contributed by atoms with van der Waals surface area (Å²) in [4.78, 5) is -0.0411. The van der Waals surface area contributed by atoms with Gasteiger partial charge < -0.3 is 10.8 Å². The monoisotopic (exact) mass is 248 g/mol. The van der Waals surface area contributed by atoms with Gasteiger partial charge in [-0.15, -0.1) is 0 Å². The first kappa shape index (κ1) is 12.9. The summed E-state index contributed by atoms with van der Waals surface area (Å²) in [7, 11) is -2.05. The maximum atomic E-state index is 11.7. The van der Waals surface area contributed by atoms with Gasteiger partial charge >= 0.3 is 0 Å². The Kier molecular flexibility index (Phi) is 3.89. The van der Waals surface area contributed by atoms with Crippen molar-refractivity contribution in [2.24, 2.45) is 7.05 Å². The Bertz CT molecular complexity index is 452. The summed E-state index contributed by atoms with van der Waals surface area (Å²) >= 11 is 0. The predicted molar refractivity (Wildman–Crippen MR) is 59.1 cm³/mol. The van der Waals surface area contributed by atoms with E-state index in [0.29, 0.717) is 6.42 Å². The van der Waals surface area contributed by atoms with Gasteiger partial charge in [0.25, 0.3) is 0 Å². The number of hydrogen-bond donors (Lipinski definition) is 3. The predicted octanol–water partition coefficient (Wildman–Crippen LogP) is -0.948. The third kappa shape index (κ3) is 3.19. The van der Waals surface area contributed by atoms with E-state index >= 15 is 0 Å². The van der Waals surface area contributed by atoms with Crippen LogP contribution in [0.1, 0.15) is 13.3 Å². The fourth-order valence-corrected chi connectivity index (χ4v) is 2.32. The highest BCUT2D eigenvalue weighted by Gasteiger charge is 2.19. The molecule has 1 heterocycles. The standard InChI is InChI=1S/C8H16N4O3S/c1-6(13)3-4-10-16(14,15)7-5-12(2)11-8(7)9/h5-6,10,13H,3-4H2,1-2H3,(H2,9,11). The van der Waals surface area contributed by atoms with Crippen LogP contribution in [0.15, 0.2) is 11.1 Å². The number of aryl methyl sites for hydroxylation is 1. The maximum Gasteiger partial charge on any atom is 0.245 e. The summed E-state index contributed by atoms with van der Waals surface area (Å²) in [5, 5.41) is 12.7. The molecule has 92 valence electrons. The lowest BCUT2D eigenvalue weighted by molar-refractivity contribution is 0.186. The summed E-state index contributed by atoms with van der Waals surface area (Å²) in [5.41, 5.74) is 5.46. The molecular weight excluding hydrogens is 232 g/mol. The van der Waals surface area contributed by atoms with Crippen molar-refractivity contribution < 1.29 is 13.5 Å². The van der Waals surface area contributed by atoms with Crippen LogP contribution < -0.4 is 10.5 Å². The van der Waals surface area contributed by atoms with Gasteiger partial charge in [-0.2, -0.15) is 5.10 Å². The number of nitrogen functional groups attached to an aromatic ring is 1. The molecular formula is C8H16N4O3S. The number of aliphatic hydroxyl groups excluding tert-OH is 1. The zero-order chi connectivity index (χ0) is 12.3. The minimum absolute atomic E-state index is 0.0351. The zero-order valence-corrected chi connectivity index (χ0v) is 10.0. The maximum absolute atomic E-state index is 11.7. The summed E-state index contributed by atoms with van der Waals surface area (Å²) in [6, 6.07) is 0. The number of anilines is 1. The van der Waals surface area contributed by atoms with Crippen molar-refractivity contribution in [3.63, 3.8) is 0 Å². The highest BCUT2D eigenvalue weighted by molar-refractivity contribution is 7.89. The van der Waals surface area contributed by atoms with Crippen LogP contribution in [-0.4, -0.2) is 36.0 Å². The highest BCUT2D eigenvalue weighted by atomic mass is 32.2. The third-order valence-corrected chi connectivity index (χ3v) is 3.44. The Morgan fingerprint density at radius 3 is 2.75 bits per heavy atom. The Labute approximate surface area is 94.3 Å². The van der Waals surface area contributed by atoms with Gasteiger partial charge in [-0.05, 0) is 13.3 Å². The molecule has 1 rings (SSSR count). The number of hydrogen-bond acceptors (Lipinski definition) is 5. The molecule has 0 aromatic carbocycles. The third-order valence-electron chi connectivity index (χ3n) is 1.97. The molecule has 0 spiro atoms. The van der Waals surface area contributed by atoms with Gasteiger partial charge in [0.1, 0.15) is 4.90 Å². The van der Waals surface area contributed by atoms with Gasteiger partial charge in [-0.25, -0.2) is 13.1 Å². The van der Waals surface area contributed by atoms with E-state index < -0.39 is 16.1 Å². The first-order valence-electron chi connectivity index (χ1n) is 4.80. The molecule has 0 bridgehead atoms. The van der Waals surface area contributed by atoms with Crippen molar-refractivity contribution in [2.75, 3.05) is 12.3 Å². The van der Waals surface area contributed by atoms with Crippen LogP contribution in [0.5, 0.6) is 0 Å². The van der Waals surface area contributed by atoms with Crippen LogP contribution in [0.25, 0.3) is 0 Å². The smallest absolute Gasteiger partial charge is 0.245 e. The van der Waals surface area contributed by atoms with Gasteiger partial charge in [-0.3, -0.25) is 4.68 Å². The number of aromatic nitrogens is 2. The molecule has 16 heavy (non-hydrogen) atoms. The van der Waals surface area contributed by atoms with E-state index in [4.69, 9.17) is 10.8 Å². The second kappa shape index (κ2) is 4.81. The Hall–Kier alpha value is -1.12. The summed E-state index contributed by atoms with van der Waals surface area (Å²) < 4.78 is 27.1. The van der Waals surface area contributed by atoms with Gasteiger partial charge in [0.05, 0.1) is 6.10 Å². The minimum atomic E-state index is -3.64. The SMILES string of the molecule is CC(O)CCNS(=O)(=O)c1cn(C)nc1N. The van der Waals surface area contributed by atoms with Crippen molar-refractivity contribution in [2.45, 2.75) is 24.3 Å². The van der Waals surface area contributed by atoms with Crippen LogP contribution in [0.3, 0.4) is 0 Å². The van der Waals surface area contributed by atoms with E-state index in [9.17, 15) is 8.42 Å². The molecule has 1 atom stereocenters. The molecule has 0 amide bonds. The largest absolute Gasteiger partial charge is 0.393 e. The summed E-state index contributed by atoms with van der Waals surface area (Å²) in [5.74, 6) is -0.0351. The Morgan fingerprint density at radius 2 is 2.31 bits per heavy atom. The number of nitrogens with one attached hydrogen (secondary N) is 1. The lowest BCUT2D eigenvalue weighted by Crippen LogP contribution is -2.27. The zero-order valence-electron chi connectivity index (χ0n) is 9.21. The Balaban J connectivity index is 2.75. The average Bonchev–Trinajstić information content (AvgIpc) is 2.44. The summed E-state index contributed by atoms with van der Waals surface area (Å²) in [6.45, 7) is 1.75. The van der Waals surface area contributed by atoms with Gasteiger partial charge in [-0.1, -0.05) is 0 Å². The first-order chi connectivity index (χ1) is 7.33. The van der Waals surface area contributed by atoms with E-state index in [-0.39, 0.29) is 17.3 Å². The van der Waals surface area contributed by atoms with Gasteiger partial charge in [0.2, 0.25) is 10.0 Å². The average molecular weight is 248 g/mol. The lowest BCUT2D eigenvalue weighted by Gasteiger charge is -2.06. The number of rotatable bonds is 5. The van der Waals surface area contributed by atoms with Crippen molar-refractivity contribution in [3.05, 3.63) is 6.20 Å². The number of nitrogens with zero attached hydrogens (tertiary/aromatic N) is 2. The van der Waals surface area contributed by atoms with E-state index in [0.717, 1.165) is 0 Å². The second-order valence-electron chi connectivity index (χ2n) is 3.59. The van der Waals surface area contributed by atoms with Crippen molar-refractivity contribution in [3.8, 4) is 0 Å². The fraction of sp³-hybridized carbons (Fsp3) is 0.625. The number of nitrogens with two attached hydrogens (primary N) is 1. The van der Waals surface area contributed by atoms with Gasteiger partial charge in [0, 0.05) is 19.8 Å². The molecule has 0 aliphatic carbocycles. The molecule has 8 heteroatoms. The van der Waals surface area contributed by atoms with Crippen LogP contribution in [0.4, 0.5) is 5.82 Å². The highest BCUT2D eigenvalue weighted by Crippen LogP contribution is 2.14. The molecule has 0 aliphatic heterocycles. The molecule has 1 unspecified atom stereocenters. The molecule has 7 nitrogen and oxygen atoms in total. The van der Waals surface area contributed by atoms with Crippen molar-refractivity contribution >= 4 is 15.8 Å². The fourth-order valence-electron chi connectivity index (χ4n) is 1.17. The van der Waals surface area contributed by atoms with Crippen LogP contribution in [-0.2, 0) is 17.1 Å². The first-order valence-corrected chi connectivity index (χ1v) is 6.28. The number of aliphatic hydroxyl groups is 1. The topological polar surface area (TPSA) is 110 Å². The summed E-state index contributed by atoms with van der Waals surface area (Å²) in [6.07, 6.45) is 1.13. The van der Waals surface area contributed by atoms with Crippen molar-refractivity contribution in [1.29, 1.82) is 0 Å². The van der Waals surface area contributed by atoms with E-state index in [1.165, 1.54) is 10.9 Å². The molecule has 0 radical (unpaired) electrons. The second-order valence-corrected chi connectivity index (χ2v) is 5.32. The minimum Gasteiger partial charge on any atom is -0.393 e. The van der Waals surface area contributed by atoms with Crippen LogP contribution >= 0.6 is 0 Å². The van der Waals surface area contributed by atoms with Crippen LogP contribution in [0.2, 0.25) is 0 Å². The number of sulfonamides is 1. The van der Waals surface area contributed by atoms with E-state index in [1.807, 2.05) is 0 Å². The quantitative estimate of drug-likeness (QED) is 0.622. The van der Waals surface area contributed by atoms with E-state index in [1.54, 1.807) is 14.0 Å². The molecule has 0 aliphatic rings. The molecule has 1 aromatic heterocycles. The molecule has 4 N–H and O–H groups in total. The molecule has 0 fully saturated rings. The normalized spacial score (nSPS) is 13.9. The van der Waals surface area contributed by atoms with Crippen molar-refractivity contribution in [1.82, 2.24) is 14.5 Å². The van der Waals surface area contributed by atoms with E-state index in [2.05, 4.69) is 9.82 Å². The van der Waals surface area contributed by atoms with Gasteiger partial charge in [0.15, 0.2) is 5.82 Å². The molecule has 0 saturated heterocycles. The van der Waals surface area contributed by atoms with Crippen LogP contribution in [0, 0.1) is 0 Å². The molecule has 1 aromatic rings. The molecule has 0 saturated carbocycles.